The first-order chi connectivity index (χ1) is 10.2. The fourth-order valence-corrected chi connectivity index (χ4v) is 4.54. The first-order valence-corrected chi connectivity index (χ1v) is 8.19. The van der Waals surface area contributed by atoms with Crippen LogP contribution in [0.3, 0.4) is 0 Å². The molecule has 3 atom stereocenters. The van der Waals surface area contributed by atoms with Gasteiger partial charge in [0, 0.05) is 18.1 Å². The molecular formula is C19H24N2. The first-order valence-electron chi connectivity index (χ1n) is 8.19. The van der Waals surface area contributed by atoms with Gasteiger partial charge < -0.3 is 10.6 Å². The molecule has 2 aliphatic rings. The van der Waals surface area contributed by atoms with Crippen LogP contribution < -0.4 is 5.73 Å². The molecule has 2 N–H and O–H groups in total. The van der Waals surface area contributed by atoms with Crippen LogP contribution in [0.25, 0.3) is 10.8 Å². The van der Waals surface area contributed by atoms with E-state index in [1.807, 2.05) is 0 Å². The Hall–Kier alpha value is -1.38. The normalized spacial score (nSPS) is 30.7. The third-order valence-corrected chi connectivity index (χ3v) is 5.83. The van der Waals surface area contributed by atoms with Gasteiger partial charge in [-0.3, -0.25) is 0 Å². The molecule has 2 heterocycles. The number of hydrogen-bond acceptors (Lipinski definition) is 2. The second-order valence-electron chi connectivity index (χ2n) is 6.88. The smallest absolute Gasteiger partial charge is 0.0330 e. The minimum absolute atomic E-state index is 0.174. The van der Waals surface area contributed by atoms with Crippen molar-refractivity contribution in [3.8, 4) is 0 Å². The van der Waals surface area contributed by atoms with Crippen LogP contribution >= 0.6 is 0 Å². The number of piperidine rings is 1. The van der Waals surface area contributed by atoms with Gasteiger partial charge in [-0.05, 0) is 55.0 Å². The van der Waals surface area contributed by atoms with Crippen molar-refractivity contribution < 1.29 is 0 Å². The van der Waals surface area contributed by atoms with Crippen LogP contribution in [0, 0.1) is 5.92 Å². The molecule has 2 heteroatoms. The van der Waals surface area contributed by atoms with Gasteiger partial charge in [-0.1, -0.05) is 42.5 Å². The third-order valence-electron chi connectivity index (χ3n) is 5.83. The van der Waals surface area contributed by atoms with Crippen molar-refractivity contribution in [2.75, 3.05) is 7.05 Å². The first kappa shape index (κ1) is 13.3. The van der Waals surface area contributed by atoms with E-state index in [-0.39, 0.29) is 6.04 Å². The molecule has 0 amide bonds. The van der Waals surface area contributed by atoms with Crippen LogP contribution in [-0.2, 0) is 0 Å². The molecule has 0 radical (unpaired) electrons. The summed E-state index contributed by atoms with van der Waals surface area (Å²) >= 11 is 0. The second-order valence-corrected chi connectivity index (χ2v) is 6.88. The number of nitrogens with zero attached hydrogens (tertiary/aromatic N) is 1. The monoisotopic (exact) mass is 280 g/mol. The Bertz CT molecular complexity index is 632. The molecule has 2 saturated heterocycles. The molecule has 110 valence electrons. The molecule has 21 heavy (non-hydrogen) atoms. The average molecular weight is 280 g/mol. The van der Waals surface area contributed by atoms with E-state index in [1.165, 1.54) is 42.0 Å². The average Bonchev–Trinajstić information content (AvgIpc) is 2.75. The molecular weight excluding hydrogens is 256 g/mol. The highest BCUT2D eigenvalue weighted by Crippen LogP contribution is 2.42. The molecule has 3 unspecified atom stereocenters. The van der Waals surface area contributed by atoms with Crippen LogP contribution in [-0.4, -0.2) is 24.0 Å². The number of benzene rings is 2. The fourth-order valence-electron chi connectivity index (χ4n) is 4.54. The molecule has 0 aromatic heterocycles. The lowest BCUT2D eigenvalue weighted by Crippen LogP contribution is -2.42. The van der Waals surface area contributed by atoms with Gasteiger partial charge in [-0.15, -0.1) is 0 Å². The molecule has 0 saturated carbocycles. The Kier molecular flexibility index (Phi) is 3.24. The second kappa shape index (κ2) is 5.11. The van der Waals surface area contributed by atoms with E-state index in [1.54, 1.807) is 0 Å². The summed E-state index contributed by atoms with van der Waals surface area (Å²) < 4.78 is 0. The minimum atomic E-state index is 0.174. The largest absolute Gasteiger partial charge is 0.324 e. The van der Waals surface area contributed by atoms with Gasteiger partial charge in [0.05, 0.1) is 0 Å². The SMILES string of the molecule is CN1C2CCC1CC(C(N)c1cccc3ccccc13)C2. The lowest BCUT2D eigenvalue weighted by molar-refractivity contribution is 0.121. The maximum Gasteiger partial charge on any atom is 0.0330 e. The van der Waals surface area contributed by atoms with Crippen molar-refractivity contribution in [1.29, 1.82) is 0 Å². The Morgan fingerprint density at radius 1 is 1.00 bits per heavy atom. The van der Waals surface area contributed by atoms with E-state index in [0.717, 1.165) is 12.1 Å². The third kappa shape index (κ3) is 2.18. The van der Waals surface area contributed by atoms with Gasteiger partial charge in [-0.25, -0.2) is 0 Å². The molecule has 2 fully saturated rings. The summed E-state index contributed by atoms with van der Waals surface area (Å²) in [7, 11) is 2.29. The number of fused-ring (bicyclic) bond motifs is 3. The van der Waals surface area contributed by atoms with Gasteiger partial charge in [0.25, 0.3) is 0 Å². The summed E-state index contributed by atoms with van der Waals surface area (Å²) in [4.78, 5) is 2.59. The van der Waals surface area contributed by atoms with Gasteiger partial charge in [0.1, 0.15) is 0 Å². The van der Waals surface area contributed by atoms with Crippen LogP contribution in [0.2, 0.25) is 0 Å². The summed E-state index contributed by atoms with van der Waals surface area (Å²) in [6.07, 6.45) is 5.24. The summed E-state index contributed by atoms with van der Waals surface area (Å²) in [6.45, 7) is 0. The van der Waals surface area contributed by atoms with Crippen molar-refractivity contribution >= 4 is 10.8 Å². The molecule has 4 rings (SSSR count). The molecule has 0 spiro atoms. The summed E-state index contributed by atoms with van der Waals surface area (Å²) in [5, 5.41) is 2.64. The fraction of sp³-hybridized carbons (Fsp3) is 0.474. The Labute approximate surface area is 126 Å². The van der Waals surface area contributed by atoms with E-state index in [9.17, 15) is 0 Å². The van der Waals surface area contributed by atoms with Gasteiger partial charge in [0.2, 0.25) is 0 Å². The topological polar surface area (TPSA) is 29.3 Å². The summed E-state index contributed by atoms with van der Waals surface area (Å²) in [6, 6.07) is 16.9. The minimum Gasteiger partial charge on any atom is -0.324 e. The predicted octanol–water partition coefficient (Wildman–Crippen LogP) is 3.71. The highest BCUT2D eigenvalue weighted by Gasteiger charge is 2.40. The lowest BCUT2D eigenvalue weighted by Gasteiger charge is -2.39. The molecule has 2 nitrogen and oxygen atoms in total. The van der Waals surface area contributed by atoms with E-state index in [2.05, 4.69) is 54.4 Å². The van der Waals surface area contributed by atoms with E-state index >= 15 is 0 Å². The number of nitrogens with two attached hydrogens (primary N) is 1. The van der Waals surface area contributed by atoms with Crippen LogP contribution in [0.4, 0.5) is 0 Å². The molecule has 0 aliphatic carbocycles. The maximum absolute atomic E-state index is 6.71. The van der Waals surface area contributed by atoms with Gasteiger partial charge >= 0.3 is 0 Å². The quantitative estimate of drug-likeness (QED) is 0.908. The molecule has 2 aromatic carbocycles. The predicted molar refractivity (Wildman–Crippen MR) is 88.2 cm³/mol. The molecule has 2 aromatic rings. The van der Waals surface area contributed by atoms with Crippen LogP contribution in [0.1, 0.15) is 37.3 Å². The van der Waals surface area contributed by atoms with Crippen LogP contribution in [0.15, 0.2) is 42.5 Å². The molecule has 2 aliphatic heterocycles. The van der Waals surface area contributed by atoms with Crippen molar-refractivity contribution in [1.82, 2.24) is 4.90 Å². The van der Waals surface area contributed by atoms with Crippen molar-refractivity contribution in [3.63, 3.8) is 0 Å². The Morgan fingerprint density at radius 2 is 1.67 bits per heavy atom. The number of hydrogen-bond donors (Lipinski definition) is 1. The Balaban J connectivity index is 1.66. The van der Waals surface area contributed by atoms with Crippen molar-refractivity contribution in [3.05, 3.63) is 48.0 Å². The zero-order valence-corrected chi connectivity index (χ0v) is 12.7. The van der Waals surface area contributed by atoms with E-state index in [0.29, 0.717) is 5.92 Å². The Morgan fingerprint density at radius 3 is 2.43 bits per heavy atom. The standard InChI is InChI=1S/C19H24N2/c1-21-15-9-10-16(21)12-14(11-15)19(20)18-8-4-6-13-5-2-3-7-17(13)18/h2-8,14-16,19H,9-12,20H2,1H3. The zero-order chi connectivity index (χ0) is 14.4. The van der Waals surface area contributed by atoms with E-state index < -0.39 is 0 Å². The highest BCUT2D eigenvalue weighted by molar-refractivity contribution is 5.86. The summed E-state index contributed by atoms with van der Waals surface area (Å²) in [5.41, 5.74) is 8.05. The van der Waals surface area contributed by atoms with Gasteiger partial charge in [0.15, 0.2) is 0 Å². The van der Waals surface area contributed by atoms with Crippen molar-refractivity contribution in [2.45, 2.75) is 43.8 Å². The summed E-state index contributed by atoms with van der Waals surface area (Å²) in [5.74, 6) is 0.629. The van der Waals surface area contributed by atoms with E-state index in [4.69, 9.17) is 5.73 Å². The lowest BCUT2D eigenvalue weighted by atomic mass is 9.81. The maximum atomic E-state index is 6.71. The molecule has 2 bridgehead atoms. The van der Waals surface area contributed by atoms with Gasteiger partial charge in [-0.2, -0.15) is 0 Å². The highest BCUT2D eigenvalue weighted by atomic mass is 15.2. The van der Waals surface area contributed by atoms with Crippen LogP contribution in [0.5, 0.6) is 0 Å². The number of rotatable bonds is 2. The zero-order valence-electron chi connectivity index (χ0n) is 12.7. The van der Waals surface area contributed by atoms with Crippen molar-refractivity contribution in [2.24, 2.45) is 11.7 Å².